The van der Waals surface area contributed by atoms with Gasteiger partial charge in [-0.1, -0.05) is 84.9 Å². The van der Waals surface area contributed by atoms with Gasteiger partial charge in [-0.05, 0) is 40.1 Å². The molecule has 1 aromatic heterocycles. The highest BCUT2D eigenvalue weighted by atomic mass is 15.1. The molecule has 5 aromatic rings. The molecule has 1 aliphatic rings. The average Bonchev–Trinajstić information content (AvgIpc) is 2.83. The quantitative estimate of drug-likeness (QED) is 0.318. The highest BCUT2D eigenvalue weighted by Crippen LogP contribution is 2.46. The predicted octanol–water partition coefficient (Wildman–Crippen LogP) is 7.01. The number of rotatable bonds is 2. The summed E-state index contributed by atoms with van der Waals surface area (Å²) in [4.78, 5) is 7.29. The van der Waals surface area contributed by atoms with Crippen LogP contribution in [0.4, 0.5) is 5.69 Å². The lowest BCUT2D eigenvalue weighted by Crippen LogP contribution is -2.21. The minimum Gasteiger partial charge on any atom is -0.350 e. The fourth-order valence-electron chi connectivity index (χ4n) is 4.85. The minimum atomic E-state index is 0.118. The highest BCUT2D eigenvalue weighted by molar-refractivity contribution is 5.93. The van der Waals surface area contributed by atoms with Gasteiger partial charge < -0.3 is 4.90 Å². The molecule has 0 N–H and O–H groups in total. The Kier molecular flexibility index (Phi) is 4.10. The van der Waals surface area contributed by atoms with Gasteiger partial charge in [-0.15, -0.1) is 0 Å². The van der Waals surface area contributed by atoms with E-state index in [2.05, 4.69) is 121 Å². The topological polar surface area (TPSA) is 16.1 Å². The monoisotopic (exact) mass is 398 g/mol. The van der Waals surface area contributed by atoms with Crippen LogP contribution in [0.1, 0.15) is 22.7 Å². The Bertz CT molecular complexity index is 1460. The van der Waals surface area contributed by atoms with Crippen molar-refractivity contribution in [2.75, 3.05) is 11.9 Å². The van der Waals surface area contributed by atoms with Crippen LogP contribution >= 0.6 is 0 Å². The van der Waals surface area contributed by atoms with E-state index in [0.717, 1.165) is 16.6 Å². The number of hydrogen-bond donors (Lipinski definition) is 0. The van der Waals surface area contributed by atoms with Gasteiger partial charge in [0.2, 0.25) is 0 Å². The van der Waals surface area contributed by atoms with Crippen molar-refractivity contribution in [2.45, 2.75) is 5.92 Å². The minimum absolute atomic E-state index is 0.118. The first-order valence-electron chi connectivity index (χ1n) is 10.7. The van der Waals surface area contributed by atoms with Gasteiger partial charge in [-0.2, -0.15) is 0 Å². The Balaban J connectivity index is 1.63. The summed E-state index contributed by atoms with van der Waals surface area (Å²) < 4.78 is 0. The van der Waals surface area contributed by atoms with Crippen molar-refractivity contribution >= 4 is 32.9 Å². The molecule has 31 heavy (non-hydrogen) atoms. The molecular formula is C29H22N2. The highest BCUT2D eigenvalue weighted by Gasteiger charge is 2.30. The number of para-hydroxylation sites is 2. The molecule has 0 aliphatic carbocycles. The van der Waals surface area contributed by atoms with E-state index in [0.29, 0.717) is 0 Å². The fraction of sp³-hybridized carbons (Fsp3) is 0.0690. The number of pyridine rings is 1. The Labute approximate surface area is 182 Å². The molecule has 2 nitrogen and oxygen atoms in total. The maximum atomic E-state index is 5.07. The molecule has 0 spiro atoms. The van der Waals surface area contributed by atoms with Crippen LogP contribution in [0.3, 0.4) is 0 Å². The van der Waals surface area contributed by atoms with Gasteiger partial charge in [0, 0.05) is 35.8 Å². The number of fused-ring (bicyclic) bond motifs is 3. The number of benzene rings is 4. The van der Waals surface area contributed by atoms with Crippen molar-refractivity contribution in [1.29, 1.82) is 0 Å². The summed E-state index contributed by atoms with van der Waals surface area (Å²) in [5.41, 5.74) is 7.15. The van der Waals surface area contributed by atoms with E-state index in [1.807, 2.05) is 0 Å². The van der Waals surface area contributed by atoms with Gasteiger partial charge >= 0.3 is 0 Å². The van der Waals surface area contributed by atoms with Crippen molar-refractivity contribution in [3.8, 4) is 0 Å². The number of anilines is 1. The molecule has 148 valence electrons. The van der Waals surface area contributed by atoms with Crippen LogP contribution in [0.5, 0.6) is 0 Å². The van der Waals surface area contributed by atoms with E-state index in [-0.39, 0.29) is 5.92 Å². The van der Waals surface area contributed by atoms with Crippen LogP contribution in [0.15, 0.2) is 109 Å². The lowest BCUT2D eigenvalue weighted by Gasteiger charge is -2.33. The van der Waals surface area contributed by atoms with Crippen molar-refractivity contribution in [1.82, 2.24) is 4.98 Å². The summed E-state index contributed by atoms with van der Waals surface area (Å²) in [6.45, 7) is 0. The molecule has 2 heteroatoms. The SMILES string of the molecule is CN1C=C(c2ccc3ccccc3n2)C(c2cccc3ccccc23)c2ccccc21. The first kappa shape index (κ1) is 17.9. The van der Waals surface area contributed by atoms with Crippen molar-refractivity contribution < 1.29 is 0 Å². The van der Waals surface area contributed by atoms with Gasteiger partial charge in [0.25, 0.3) is 0 Å². The molecular weight excluding hydrogens is 376 g/mol. The molecule has 0 saturated carbocycles. The fourth-order valence-corrected chi connectivity index (χ4v) is 4.85. The third-order valence-electron chi connectivity index (χ3n) is 6.30. The molecule has 1 unspecified atom stereocenters. The summed E-state index contributed by atoms with van der Waals surface area (Å²) in [6, 6.07) is 36.7. The molecule has 0 fully saturated rings. The van der Waals surface area contributed by atoms with E-state index in [1.54, 1.807) is 0 Å². The summed E-state index contributed by atoms with van der Waals surface area (Å²) in [5.74, 6) is 0.118. The van der Waals surface area contributed by atoms with Crippen molar-refractivity contribution in [2.24, 2.45) is 0 Å². The summed E-state index contributed by atoms with van der Waals surface area (Å²) in [7, 11) is 2.12. The van der Waals surface area contributed by atoms with E-state index < -0.39 is 0 Å². The number of allylic oxidation sites excluding steroid dienone is 1. The van der Waals surface area contributed by atoms with Crippen LogP contribution in [-0.4, -0.2) is 12.0 Å². The van der Waals surface area contributed by atoms with Crippen molar-refractivity contribution in [3.05, 3.63) is 126 Å². The second-order valence-electron chi connectivity index (χ2n) is 8.14. The lowest BCUT2D eigenvalue weighted by molar-refractivity contribution is 0.984. The average molecular weight is 399 g/mol. The maximum absolute atomic E-state index is 5.07. The molecule has 0 amide bonds. The molecule has 0 radical (unpaired) electrons. The molecule has 4 aromatic carbocycles. The van der Waals surface area contributed by atoms with Crippen molar-refractivity contribution in [3.63, 3.8) is 0 Å². The lowest BCUT2D eigenvalue weighted by atomic mass is 9.79. The third kappa shape index (κ3) is 2.91. The molecule has 0 saturated heterocycles. The standard InChI is InChI=1S/C29H22N2/c1-31-19-25(27-18-17-21-10-3-6-15-26(21)30-27)29(24-13-5-7-16-28(24)31)23-14-8-11-20-9-2-4-12-22(20)23/h2-19,29H,1H3. The van der Waals surface area contributed by atoms with Crippen LogP contribution in [0, 0.1) is 0 Å². The molecule has 2 heterocycles. The van der Waals surface area contributed by atoms with Crippen LogP contribution in [0.25, 0.3) is 27.2 Å². The first-order valence-corrected chi connectivity index (χ1v) is 10.7. The number of hydrogen-bond acceptors (Lipinski definition) is 2. The second kappa shape index (κ2) is 7.10. The van der Waals surface area contributed by atoms with Gasteiger partial charge in [0.15, 0.2) is 0 Å². The smallest absolute Gasteiger partial charge is 0.0709 e. The Hall–Kier alpha value is -3.91. The Morgan fingerprint density at radius 3 is 2.29 bits per heavy atom. The molecule has 6 rings (SSSR count). The van der Waals surface area contributed by atoms with Gasteiger partial charge in [0.05, 0.1) is 11.2 Å². The van der Waals surface area contributed by atoms with E-state index in [1.165, 1.54) is 33.2 Å². The van der Waals surface area contributed by atoms with E-state index >= 15 is 0 Å². The zero-order chi connectivity index (χ0) is 20.8. The normalized spacial score (nSPS) is 15.7. The Morgan fingerprint density at radius 1 is 0.645 bits per heavy atom. The second-order valence-corrected chi connectivity index (χ2v) is 8.14. The largest absolute Gasteiger partial charge is 0.350 e. The van der Waals surface area contributed by atoms with E-state index in [4.69, 9.17) is 4.98 Å². The molecule has 1 aliphatic heterocycles. The van der Waals surface area contributed by atoms with Gasteiger partial charge in [-0.25, -0.2) is 4.98 Å². The summed E-state index contributed by atoms with van der Waals surface area (Å²) in [6.07, 6.45) is 2.26. The number of nitrogens with zero attached hydrogens (tertiary/aromatic N) is 2. The van der Waals surface area contributed by atoms with Gasteiger partial charge in [-0.3, -0.25) is 0 Å². The van der Waals surface area contributed by atoms with Crippen LogP contribution in [0.2, 0.25) is 0 Å². The first-order chi connectivity index (χ1) is 15.3. The van der Waals surface area contributed by atoms with Gasteiger partial charge in [0.1, 0.15) is 0 Å². The number of aromatic nitrogens is 1. The summed E-state index contributed by atoms with van der Waals surface area (Å²) in [5, 5.41) is 3.72. The van der Waals surface area contributed by atoms with Crippen LogP contribution < -0.4 is 4.90 Å². The maximum Gasteiger partial charge on any atom is 0.0709 e. The van der Waals surface area contributed by atoms with E-state index in [9.17, 15) is 0 Å². The summed E-state index contributed by atoms with van der Waals surface area (Å²) >= 11 is 0. The Morgan fingerprint density at radius 2 is 1.35 bits per heavy atom. The molecule has 0 bridgehead atoms. The third-order valence-corrected chi connectivity index (χ3v) is 6.30. The predicted molar refractivity (Wildman–Crippen MR) is 130 cm³/mol. The zero-order valence-corrected chi connectivity index (χ0v) is 17.4. The zero-order valence-electron chi connectivity index (χ0n) is 17.4. The molecule has 1 atom stereocenters. The van der Waals surface area contributed by atoms with Crippen LogP contribution in [-0.2, 0) is 0 Å².